The van der Waals surface area contributed by atoms with E-state index < -0.39 is 40.5 Å². The Hall–Kier alpha value is -1.89. The molecule has 0 aromatic carbocycles. The van der Waals surface area contributed by atoms with Crippen LogP contribution in [-0.2, 0) is 14.4 Å². The Kier molecular flexibility index (Phi) is 15.7. The fourth-order valence-corrected chi connectivity index (χ4v) is 5.17. The van der Waals surface area contributed by atoms with Crippen molar-refractivity contribution in [3.05, 3.63) is 12.7 Å². The molecule has 0 saturated heterocycles. The van der Waals surface area contributed by atoms with Gasteiger partial charge in [0.1, 0.15) is 6.04 Å². The van der Waals surface area contributed by atoms with Gasteiger partial charge in [0.2, 0.25) is 0 Å². The molecule has 0 fully saturated rings. The second-order valence-corrected chi connectivity index (χ2v) is 8.75. The molecule has 0 aromatic rings. The number of carbonyl (C=O) groups is 3. The van der Waals surface area contributed by atoms with Crippen molar-refractivity contribution < 1.29 is 34.2 Å². The van der Waals surface area contributed by atoms with Crippen molar-refractivity contribution in [2.24, 2.45) is 0 Å². The first kappa shape index (κ1) is 30.1. The van der Waals surface area contributed by atoms with E-state index in [9.17, 15) is 29.7 Å². The van der Waals surface area contributed by atoms with Crippen molar-refractivity contribution in [2.45, 2.75) is 122 Å². The molecule has 0 aliphatic heterocycles. The molecule has 7 nitrogen and oxygen atoms in total. The molecule has 0 spiro atoms. The van der Waals surface area contributed by atoms with E-state index in [0.29, 0.717) is 6.42 Å². The minimum Gasteiger partial charge on any atom is -0.544 e. The zero-order chi connectivity index (χ0) is 24.6. The number of allylic oxidation sites excluding steroid dienone is 1. The number of nitrogens with zero attached hydrogens (tertiary/aromatic N) is 1. The van der Waals surface area contributed by atoms with Crippen molar-refractivity contribution in [1.29, 1.82) is 0 Å². The molecule has 0 heterocycles. The van der Waals surface area contributed by atoms with Gasteiger partial charge in [-0.05, 0) is 25.7 Å². The molecular weight excluding hydrogens is 410 g/mol. The van der Waals surface area contributed by atoms with Gasteiger partial charge in [-0.2, -0.15) is 0 Å². The molecule has 0 aromatic heterocycles. The first-order chi connectivity index (χ1) is 15.2. The zero-order valence-electron chi connectivity index (χ0n) is 20.4. The second kappa shape index (κ2) is 16.7. The number of hydrogen-bond donors (Lipinski definition) is 2. The van der Waals surface area contributed by atoms with Gasteiger partial charge in [-0.1, -0.05) is 65.4 Å². The Morgan fingerprint density at radius 3 is 1.44 bits per heavy atom. The van der Waals surface area contributed by atoms with Crippen LogP contribution in [0.5, 0.6) is 0 Å². The molecule has 3 atom stereocenters. The minimum absolute atomic E-state index is 0.127. The summed E-state index contributed by atoms with van der Waals surface area (Å²) < 4.78 is -0.472. The summed E-state index contributed by atoms with van der Waals surface area (Å²) in [5, 5.41) is 31.9. The van der Waals surface area contributed by atoms with Crippen molar-refractivity contribution in [3.8, 4) is 0 Å². The quantitative estimate of drug-likeness (QED) is 0.153. The Balaban J connectivity index is 5.28. The van der Waals surface area contributed by atoms with Crippen LogP contribution in [0.3, 0.4) is 0 Å². The van der Waals surface area contributed by atoms with E-state index in [1.807, 2.05) is 6.08 Å². The average Bonchev–Trinajstić information content (AvgIpc) is 2.72. The van der Waals surface area contributed by atoms with Crippen LogP contribution in [0, 0.1) is 0 Å². The molecule has 0 radical (unpaired) electrons. The van der Waals surface area contributed by atoms with Crippen LogP contribution in [-0.4, -0.2) is 57.3 Å². The van der Waals surface area contributed by atoms with E-state index >= 15 is 0 Å². The van der Waals surface area contributed by atoms with Gasteiger partial charge in [-0.15, -0.1) is 6.58 Å². The fraction of sp³-hybridized carbons (Fsp3) is 0.800. The highest BCUT2D eigenvalue weighted by Crippen LogP contribution is 2.32. The zero-order valence-corrected chi connectivity index (χ0v) is 20.4. The molecule has 32 heavy (non-hydrogen) atoms. The SMILES string of the molecule is C=CCCCCCCCCCCC[N+](C(CC)C(=O)[O-])(C(CC)C(=O)O)C(CC)C(=O)O. The Morgan fingerprint density at radius 1 is 0.750 bits per heavy atom. The number of carbonyl (C=O) groups excluding carboxylic acids is 1. The van der Waals surface area contributed by atoms with Crippen LogP contribution in [0.4, 0.5) is 0 Å². The number of hydrogen-bond acceptors (Lipinski definition) is 4. The summed E-state index contributed by atoms with van der Waals surface area (Å²) in [5.41, 5.74) is 0. The highest BCUT2D eigenvalue weighted by Gasteiger charge is 2.53. The summed E-state index contributed by atoms with van der Waals surface area (Å²) in [7, 11) is 0. The molecular formula is C25H45NO6. The topological polar surface area (TPSA) is 115 Å². The van der Waals surface area contributed by atoms with Crippen LogP contribution < -0.4 is 5.11 Å². The van der Waals surface area contributed by atoms with Crippen LogP contribution in [0.2, 0.25) is 0 Å². The standard InChI is InChI=1S/C25H45NO6/c1-5-9-10-11-12-13-14-15-16-17-18-19-26(20(6-2)23(27)28,21(7-3)24(29)30)22(8-4)25(31)32/h5,20-22H,1,6-19H2,2-4H3,(H2-,27,28,29,30,31,32). The van der Waals surface area contributed by atoms with Gasteiger partial charge < -0.3 is 20.1 Å². The maximum Gasteiger partial charge on any atom is 0.362 e. The lowest BCUT2D eigenvalue weighted by Crippen LogP contribution is -2.73. The largest absolute Gasteiger partial charge is 0.544 e. The van der Waals surface area contributed by atoms with Crippen LogP contribution >= 0.6 is 0 Å². The average molecular weight is 456 g/mol. The third kappa shape index (κ3) is 8.93. The van der Waals surface area contributed by atoms with E-state index in [1.165, 1.54) is 25.7 Å². The third-order valence-electron chi connectivity index (χ3n) is 6.70. The lowest BCUT2D eigenvalue weighted by Gasteiger charge is -2.51. The van der Waals surface area contributed by atoms with Crippen molar-refractivity contribution >= 4 is 17.9 Å². The fourth-order valence-electron chi connectivity index (χ4n) is 5.17. The maximum absolute atomic E-state index is 12.1. The van der Waals surface area contributed by atoms with E-state index in [2.05, 4.69) is 6.58 Å². The Morgan fingerprint density at radius 2 is 1.12 bits per heavy atom. The van der Waals surface area contributed by atoms with Crippen molar-refractivity contribution in [2.75, 3.05) is 6.54 Å². The number of carboxylic acid groups (broad SMARTS) is 3. The van der Waals surface area contributed by atoms with E-state index in [1.54, 1.807) is 20.8 Å². The molecule has 7 heteroatoms. The number of quaternary nitrogens is 1. The van der Waals surface area contributed by atoms with Crippen molar-refractivity contribution in [3.63, 3.8) is 0 Å². The van der Waals surface area contributed by atoms with Crippen LogP contribution in [0.15, 0.2) is 12.7 Å². The third-order valence-corrected chi connectivity index (χ3v) is 6.70. The number of carboxylic acids is 3. The second-order valence-electron chi connectivity index (χ2n) is 8.75. The number of aliphatic carboxylic acids is 3. The van der Waals surface area contributed by atoms with Gasteiger partial charge in [0.05, 0.1) is 12.5 Å². The highest BCUT2D eigenvalue weighted by atomic mass is 16.4. The van der Waals surface area contributed by atoms with Gasteiger partial charge in [0.25, 0.3) is 0 Å². The molecule has 0 saturated carbocycles. The summed E-state index contributed by atoms with van der Waals surface area (Å²) in [6.45, 7) is 8.95. The van der Waals surface area contributed by atoms with Crippen LogP contribution in [0.25, 0.3) is 0 Å². The molecule has 0 aliphatic rings. The summed E-state index contributed by atoms with van der Waals surface area (Å²) in [4.78, 5) is 36.3. The molecule has 2 N–H and O–H groups in total. The maximum atomic E-state index is 12.1. The summed E-state index contributed by atoms with van der Waals surface area (Å²) >= 11 is 0. The van der Waals surface area contributed by atoms with E-state index in [-0.39, 0.29) is 25.8 Å². The van der Waals surface area contributed by atoms with Crippen molar-refractivity contribution in [1.82, 2.24) is 0 Å². The van der Waals surface area contributed by atoms with Gasteiger partial charge >= 0.3 is 11.9 Å². The highest BCUT2D eigenvalue weighted by molar-refractivity contribution is 5.77. The van der Waals surface area contributed by atoms with Gasteiger partial charge in [-0.25, -0.2) is 9.59 Å². The lowest BCUT2D eigenvalue weighted by molar-refractivity contribution is -0.974. The molecule has 186 valence electrons. The lowest BCUT2D eigenvalue weighted by atomic mass is 9.93. The normalized spacial score (nSPS) is 16.0. The Bertz CT molecular complexity index is 522. The number of unbranched alkanes of at least 4 members (excludes halogenated alkanes) is 9. The van der Waals surface area contributed by atoms with Crippen LogP contribution in [0.1, 0.15) is 104 Å². The van der Waals surface area contributed by atoms with E-state index in [0.717, 1.165) is 32.1 Å². The van der Waals surface area contributed by atoms with Gasteiger partial charge in [-0.3, -0.25) is 4.48 Å². The smallest absolute Gasteiger partial charge is 0.362 e. The Labute approximate surface area is 194 Å². The molecule has 0 aliphatic carbocycles. The monoisotopic (exact) mass is 455 g/mol. The van der Waals surface area contributed by atoms with Gasteiger partial charge in [0.15, 0.2) is 12.1 Å². The summed E-state index contributed by atoms with van der Waals surface area (Å²) in [5.74, 6) is -3.67. The minimum atomic E-state index is -1.37. The van der Waals surface area contributed by atoms with E-state index in [4.69, 9.17) is 0 Å². The summed E-state index contributed by atoms with van der Waals surface area (Å²) in [6, 6.07) is -3.38. The first-order valence-corrected chi connectivity index (χ1v) is 12.4. The predicted octanol–water partition coefficient (Wildman–Crippen LogP) is 4.15. The predicted molar refractivity (Wildman–Crippen MR) is 124 cm³/mol. The number of rotatable bonds is 21. The molecule has 0 bridgehead atoms. The first-order valence-electron chi connectivity index (χ1n) is 12.4. The molecule has 0 amide bonds. The molecule has 0 rings (SSSR count). The van der Waals surface area contributed by atoms with Gasteiger partial charge in [0, 0.05) is 19.3 Å². The summed E-state index contributed by atoms with van der Waals surface area (Å²) in [6.07, 6.45) is 12.9. The molecule has 3 unspecified atom stereocenters.